The summed E-state index contributed by atoms with van der Waals surface area (Å²) in [6.45, 7) is 3.09. The highest BCUT2D eigenvalue weighted by Crippen LogP contribution is 2.24. The van der Waals surface area contributed by atoms with Crippen LogP contribution >= 0.6 is 0 Å². The van der Waals surface area contributed by atoms with Crippen LogP contribution in [0.1, 0.15) is 25.5 Å². The Morgan fingerprint density at radius 2 is 2.18 bits per heavy atom. The van der Waals surface area contributed by atoms with E-state index < -0.39 is 11.7 Å². The highest BCUT2D eigenvalue weighted by atomic mass is 16.3. The van der Waals surface area contributed by atoms with Gasteiger partial charge in [-0.15, -0.1) is 0 Å². The lowest BCUT2D eigenvalue weighted by atomic mass is 9.97. The molecule has 0 fully saturated rings. The predicted molar refractivity (Wildman–Crippen MR) is 40.0 cm³/mol. The van der Waals surface area contributed by atoms with Crippen LogP contribution in [0, 0.1) is 0 Å². The molecule has 11 heavy (non-hydrogen) atoms. The molecule has 1 aromatic rings. The quantitative estimate of drug-likeness (QED) is 0.673. The zero-order chi connectivity index (χ0) is 8.48. The minimum absolute atomic E-state index is 0.595. The van der Waals surface area contributed by atoms with E-state index >= 15 is 0 Å². The van der Waals surface area contributed by atoms with E-state index in [-0.39, 0.29) is 0 Å². The van der Waals surface area contributed by atoms with Gasteiger partial charge in [-0.2, -0.15) is 0 Å². The molecule has 3 nitrogen and oxygen atoms in total. The van der Waals surface area contributed by atoms with E-state index in [1.165, 1.54) is 12.5 Å². The first-order valence-corrected chi connectivity index (χ1v) is 3.44. The maximum absolute atomic E-state index is 9.44. The van der Waals surface area contributed by atoms with Crippen molar-refractivity contribution in [3.63, 3.8) is 0 Å². The molecule has 0 saturated carbocycles. The molecule has 1 rings (SSSR count). The standard InChI is InChI=1S/C8H12O3/c1-8(2,10)7(9)6-3-4-11-5-6/h3-5,7,9-10H,1-2H3. The van der Waals surface area contributed by atoms with E-state index in [1.807, 2.05) is 0 Å². The van der Waals surface area contributed by atoms with Crippen molar-refractivity contribution in [2.75, 3.05) is 0 Å². The number of hydrogen-bond acceptors (Lipinski definition) is 3. The van der Waals surface area contributed by atoms with Crippen molar-refractivity contribution < 1.29 is 14.6 Å². The summed E-state index contributed by atoms with van der Waals surface area (Å²) in [6.07, 6.45) is 1.99. The topological polar surface area (TPSA) is 53.6 Å². The van der Waals surface area contributed by atoms with Gasteiger partial charge in [0.25, 0.3) is 0 Å². The first-order valence-electron chi connectivity index (χ1n) is 3.44. The fraction of sp³-hybridized carbons (Fsp3) is 0.500. The van der Waals surface area contributed by atoms with Gasteiger partial charge in [0.2, 0.25) is 0 Å². The van der Waals surface area contributed by atoms with Crippen LogP contribution in [0.15, 0.2) is 23.0 Å². The van der Waals surface area contributed by atoms with Gasteiger partial charge in [0.1, 0.15) is 6.10 Å². The van der Waals surface area contributed by atoms with Crippen LogP contribution in [-0.2, 0) is 0 Å². The minimum atomic E-state index is -1.12. The van der Waals surface area contributed by atoms with Crippen LogP contribution in [0.5, 0.6) is 0 Å². The van der Waals surface area contributed by atoms with Crippen molar-refractivity contribution in [2.24, 2.45) is 0 Å². The van der Waals surface area contributed by atoms with Gasteiger partial charge in [0, 0.05) is 5.56 Å². The molecule has 0 spiro atoms. The molecule has 0 aliphatic rings. The molecule has 1 unspecified atom stereocenters. The Labute approximate surface area is 65.3 Å². The fourth-order valence-electron chi connectivity index (χ4n) is 0.838. The summed E-state index contributed by atoms with van der Waals surface area (Å²) in [4.78, 5) is 0. The summed E-state index contributed by atoms with van der Waals surface area (Å²) in [5.41, 5.74) is -0.526. The molecule has 2 N–H and O–H groups in total. The largest absolute Gasteiger partial charge is 0.472 e. The van der Waals surface area contributed by atoms with Crippen molar-refractivity contribution in [1.29, 1.82) is 0 Å². The zero-order valence-electron chi connectivity index (χ0n) is 6.61. The van der Waals surface area contributed by atoms with Gasteiger partial charge in [-0.05, 0) is 19.9 Å². The predicted octanol–water partition coefficient (Wildman–Crippen LogP) is 1.08. The number of aliphatic hydroxyl groups excluding tert-OH is 1. The first kappa shape index (κ1) is 8.30. The molecule has 62 valence electrons. The second kappa shape index (κ2) is 2.68. The molecule has 1 aromatic heterocycles. The van der Waals surface area contributed by atoms with E-state index in [2.05, 4.69) is 0 Å². The maximum Gasteiger partial charge on any atom is 0.110 e. The molecule has 0 aromatic carbocycles. The van der Waals surface area contributed by atoms with Gasteiger partial charge < -0.3 is 14.6 Å². The van der Waals surface area contributed by atoms with Gasteiger partial charge in [-0.1, -0.05) is 0 Å². The third kappa shape index (κ3) is 1.82. The maximum atomic E-state index is 9.44. The Hall–Kier alpha value is -0.800. The van der Waals surface area contributed by atoms with Crippen LogP contribution in [0.25, 0.3) is 0 Å². The lowest BCUT2D eigenvalue weighted by Gasteiger charge is -2.22. The molecule has 0 bridgehead atoms. The van der Waals surface area contributed by atoms with E-state index in [0.29, 0.717) is 5.56 Å². The molecular formula is C8H12O3. The van der Waals surface area contributed by atoms with Crippen LogP contribution < -0.4 is 0 Å². The monoisotopic (exact) mass is 156 g/mol. The summed E-state index contributed by atoms with van der Waals surface area (Å²) >= 11 is 0. The van der Waals surface area contributed by atoms with E-state index in [1.54, 1.807) is 19.9 Å². The Balaban J connectivity index is 2.78. The second-order valence-electron chi connectivity index (χ2n) is 3.11. The molecule has 0 radical (unpaired) electrons. The van der Waals surface area contributed by atoms with E-state index in [0.717, 1.165) is 0 Å². The first-order chi connectivity index (χ1) is 5.02. The number of furan rings is 1. The lowest BCUT2D eigenvalue weighted by Crippen LogP contribution is -2.28. The molecule has 1 atom stereocenters. The van der Waals surface area contributed by atoms with Gasteiger partial charge in [-0.3, -0.25) is 0 Å². The van der Waals surface area contributed by atoms with Crippen molar-refractivity contribution in [1.82, 2.24) is 0 Å². The fourth-order valence-corrected chi connectivity index (χ4v) is 0.838. The van der Waals surface area contributed by atoms with Crippen molar-refractivity contribution in [2.45, 2.75) is 25.6 Å². The normalized spacial score (nSPS) is 14.9. The summed E-state index contributed by atoms with van der Waals surface area (Å²) in [5, 5.41) is 18.8. The van der Waals surface area contributed by atoms with Gasteiger partial charge in [-0.25, -0.2) is 0 Å². The Kier molecular flexibility index (Phi) is 2.02. The summed E-state index contributed by atoms with van der Waals surface area (Å²) in [5.74, 6) is 0. The zero-order valence-corrected chi connectivity index (χ0v) is 6.61. The van der Waals surface area contributed by atoms with Gasteiger partial charge in [0.05, 0.1) is 18.1 Å². The minimum Gasteiger partial charge on any atom is -0.472 e. The lowest BCUT2D eigenvalue weighted by molar-refractivity contribution is -0.0499. The Bertz CT molecular complexity index is 208. The SMILES string of the molecule is CC(C)(O)C(O)c1ccoc1. The summed E-state index contributed by atoms with van der Waals surface area (Å²) in [7, 11) is 0. The number of hydrogen-bond donors (Lipinski definition) is 2. The molecular weight excluding hydrogens is 144 g/mol. The van der Waals surface area contributed by atoms with Crippen LogP contribution in [0.4, 0.5) is 0 Å². The summed E-state index contributed by atoms with van der Waals surface area (Å²) < 4.78 is 4.76. The molecule has 0 aliphatic heterocycles. The molecule has 1 heterocycles. The van der Waals surface area contributed by atoms with Crippen LogP contribution in [-0.4, -0.2) is 15.8 Å². The summed E-state index contributed by atoms with van der Waals surface area (Å²) in [6, 6.07) is 1.63. The van der Waals surface area contributed by atoms with Crippen molar-refractivity contribution >= 4 is 0 Å². The highest BCUT2D eigenvalue weighted by Gasteiger charge is 2.26. The highest BCUT2D eigenvalue weighted by molar-refractivity contribution is 5.12. The second-order valence-corrected chi connectivity index (χ2v) is 3.11. The smallest absolute Gasteiger partial charge is 0.110 e. The average molecular weight is 156 g/mol. The van der Waals surface area contributed by atoms with E-state index in [4.69, 9.17) is 4.42 Å². The van der Waals surface area contributed by atoms with Crippen LogP contribution in [0.2, 0.25) is 0 Å². The van der Waals surface area contributed by atoms with Gasteiger partial charge in [0.15, 0.2) is 0 Å². The van der Waals surface area contributed by atoms with Gasteiger partial charge >= 0.3 is 0 Å². The van der Waals surface area contributed by atoms with E-state index in [9.17, 15) is 10.2 Å². The average Bonchev–Trinajstić information content (AvgIpc) is 2.34. The van der Waals surface area contributed by atoms with Crippen molar-refractivity contribution in [3.8, 4) is 0 Å². The molecule has 3 heteroatoms. The number of rotatable bonds is 2. The molecule has 0 aliphatic carbocycles. The third-order valence-corrected chi connectivity index (χ3v) is 1.53. The van der Waals surface area contributed by atoms with Crippen LogP contribution in [0.3, 0.4) is 0 Å². The Morgan fingerprint density at radius 3 is 2.55 bits per heavy atom. The van der Waals surface area contributed by atoms with Crippen molar-refractivity contribution in [3.05, 3.63) is 24.2 Å². The molecule has 0 amide bonds. The number of aliphatic hydroxyl groups is 2. The third-order valence-electron chi connectivity index (χ3n) is 1.53. The molecule has 0 saturated heterocycles. The Morgan fingerprint density at radius 1 is 1.55 bits per heavy atom.